The minimum absolute atomic E-state index is 0.346. The summed E-state index contributed by atoms with van der Waals surface area (Å²) in [7, 11) is 0. The maximum Gasteiger partial charge on any atom is 0.316 e. The van der Waals surface area contributed by atoms with Gasteiger partial charge in [-0.3, -0.25) is 0 Å². The number of aryl methyl sites for hydroxylation is 1. The summed E-state index contributed by atoms with van der Waals surface area (Å²) < 4.78 is 0. The van der Waals surface area contributed by atoms with E-state index < -0.39 is 6.03 Å². The highest BCUT2D eigenvalue weighted by atomic mass is 16.2. The molecule has 4 N–H and O–H groups in total. The Balaban J connectivity index is 1.80. The summed E-state index contributed by atoms with van der Waals surface area (Å²) in [5.41, 5.74) is 9.52. The van der Waals surface area contributed by atoms with E-state index in [-0.39, 0.29) is 0 Å². The highest BCUT2D eigenvalue weighted by Crippen LogP contribution is 2.33. The molecular formula is C16H17N3O. The van der Waals surface area contributed by atoms with Gasteiger partial charge in [0.05, 0.1) is 6.04 Å². The smallest absolute Gasteiger partial charge is 0.316 e. The molecule has 0 fully saturated rings. The Morgan fingerprint density at radius 2 is 2.00 bits per heavy atom. The molecule has 0 saturated heterocycles. The lowest BCUT2D eigenvalue weighted by Gasteiger charge is -2.27. The van der Waals surface area contributed by atoms with Gasteiger partial charge in [0.1, 0.15) is 0 Å². The van der Waals surface area contributed by atoms with Crippen molar-refractivity contribution in [3.8, 4) is 0 Å². The van der Waals surface area contributed by atoms with Crippen LogP contribution in [0.25, 0.3) is 0 Å². The summed E-state index contributed by atoms with van der Waals surface area (Å²) in [6.45, 7) is 0. The Morgan fingerprint density at radius 3 is 2.75 bits per heavy atom. The Morgan fingerprint density at radius 1 is 1.20 bits per heavy atom. The molecule has 0 aliphatic carbocycles. The van der Waals surface area contributed by atoms with Crippen molar-refractivity contribution in [3.05, 3.63) is 59.7 Å². The van der Waals surface area contributed by atoms with E-state index >= 15 is 0 Å². The molecule has 3 rings (SSSR count). The SMILES string of the molecule is NC(=O)Nc1ccc2c(c1)CCC(c1ccccc1)N2. The van der Waals surface area contributed by atoms with Crippen LogP contribution in [0.1, 0.15) is 23.6 Å². The van der Waals surface area contributed by atoms with Gasteiger partial charge in [0.25, 0.3) is 0 Å². The summed E-state index contributed by atoms with van der Waals surface area (Å²) in [6, 6.07) is 16.1. The van der Waals surface area contributed by atoms with Gasteiger partial charge in [-0.2, -0.15) is 0 Å². The number of rotatable bonds is 2. The fourth-order valence-corrected chi connectivity index (χ4v) is 2.66. The van der Waals surface area contributed by atoms with Gasteiger partial charge in [0, 0.05) is 11.4 Å². The van der Waals surface area contributed by atoms with Crippen molar-refractivity contribution in [1.29, 1.82) is 0 Å². The maximum atomic E-state index is 10.9. The second-order valence-electron chi connectivity index (χ2n) is 5.01. The quantitative estimate of drug-likeness (QED) is 0.781. The second kappa shape index (κ2) is 5.25. The predicted octanol–water partition coefficient (Wildman–Crippen LogP) is 3.28. The second-order valence-corrected chi connectivity index (χ2v) is 5.01. The van der Waals surface area contributed by atoms with Crippen molar-refractivity contribution >= 4 is 17.4 Å². The van der Waals surface area contributed by atoms with Crippen molar-refractivity contribution in [3.63, 3.8) is 0 Å². The molecular weight excluding hydrogens is 250 g/mol. The number of hydrogen-bond donors (Lipinski definition) is 3. The third-order valence-corrected chi connectivity index (χ3v) is 3.61. The molecule has 102 valence electrons. The number of benzene rings is 2. The number of carbonyl (C=O) groups excluding carboxylic acids is 1. The van der Waals surface area contributed by atoms with Gasteiger partial charge in [-0.05, 0) is 42.2 Å². The molecule has 1 unspecified atom stereocenters. The molecule has 4 nitrogen and oxygen atoms in total. The first-order valence-corrected chi connectivity index (χ1v) is 6.73. The van der Waals surface area contributed by atoms with E-state index in [9.17, 15) is 4.79 Å². The van der Waals surface area contributed by atoms with Crippen molar-refractivity contribution in [2.45, 2.75) is 18.9 Å². The third-order valence-electron chi connectivity index (χ3n) is 3.61. The standard InChI is InChI=1S/C16H17N3O/c17-16(20)18-13-7-9-15-12(10-13)6-8-14(19-15)11-4-2-1-3-5-11/h1-5,7,9-10,14,19H,6,8H2,(H3,17,18,20). The third kappa shape index (κ3) is 2.59. The first-order valence-electron chi connectivity index (χ1n) is 6.73. The van der Waals surface area contributed by atoms with Gasteiger partial charge < -0.3 is 16.4 Å². The van der Waals surface area contributed by atoms with E-state index in [1.54, 1.807) is 0 Å². The molecule has 1 heterocycles. The van der Waals surface area contributed by atoms with Crippen LogP contribution in [-0.4, -0.2) is 6.03 Å². The van der Waals surface area contributed by atoms with Crippen molar-refractivity contribution < 1.29 is 4.79 Å². The van der Waals surface area contributed by atoms with E-state index in [0.717, 1.165) is 24.2 Å². The lowest BCUT2D eigenvalue weighted by Crippen LogP contribution is -2.21. The molecule has 1 atom stereocenters. The minimum atomic E-state index is -0.532. The van der Waals surface area contributed by atoms with Gasteiger partial charge in [-0.15, -0.1) is 0 Å². The zero-order valence-electron chi connectivity index (χ0n) is 11.1. The number of carbonyl (C=O) groups is 1. The first-order chi connectivity index (χ1) is 9.72. The zero-order valence-corrected chi connectivity index (χ0v) is 11.1. The van der Waals surface area contributed by atoms with E-state index in [1.165, 1.54) is 11.1 Å². The summed E-state index contributed by atoms with van der Waals surface area (Å²) in [5.74, 6) is 0. The largest absolute Gasteiger partial charge is 0.378 e. The summed E-state index contributed by atoms with van der Waals surface area (Å²) in [6.07, 6.45) is 2.02. The fourth-order valence-electron chi connectivity index (χ4n) is 2.66. The van der Waals surface area contributed by atoms with Crippen molar-refractivity contribution in [2.75, 3.05) is 10.6 Å². The highest BCUT2D eigenvalue weighted by molar-refractivity contribution is 5.88. The topological polar surface area (TPSA) is 67.2 Å². The van der Waals surface area contributed by atoms with Gasteiger partial charge in [0.15, 0.2) is 0 Å². The van der Waals surface area contributed by atoms with Crippen LogP contribution in [0.5, 0.6) is 0 Å². The number of hydrogen-bond acceptors (Lipinski definition) is 2. The van der Waals surface area contributed by atoms with Crippen LogP contribution in [0.2, 0.25) is 0 Å². The number of anilines is 2. The Hall–Kier alpha value is -2.49. The zero-order chi connectivity index (χ0) is 13.9. The van der Waals surface area contributed by atoms with Crippen LogP contribution < -0.4 is 16.4 Å². The maximum absolute atomic E-state index is 10.9. The van der Waals surface area contributed by atoms with Gasteiger partial charge in [-0.25, -0.2) is 4.79 Å². The average molecular weight is 267 g/mol. The molecule has 1 aliphatic heterocycles. The first kappa shape index (κ1) is 12.5. The van der Waals surface area contributed by atoms with E-state index in [4.69, 9.17) is 5.73 Å². The molecule has 1 aliphatic rings. The Labute approximate surface area is 118 Å². The van der Waals surface area contributed by atoms with E-state index in [0.29, 0.717) is 6.04 Å². The molecule has 2 aromatic carbocycles. The summed E-state index contributed by atoms with van der Waals surface area (Å²) in [5, 5.41) is 6.16. The summed E-state index contributed by atoms with van der Waals surface area (Å²) in [4.78, 5) is 10.9. The van der Waals surface area contributed by atoms with Crippen LogP contribution in [0.15, 0.2) is 48.5 Å². The van der Waals surface area contributed by atoms with Crippen LogP contribution in [-0.2, 0) is 6.42 Å². The molecule has 2 amide bonds. The van der Waals surface area contributed by atoms with Crippen LogP contribution in [0.4, 0.5) is 16.2 Å². The molecule has 0 bridgehead atoms. The monoisotopic (exact) mass is 267 g/mol. The van der Waals surface area contributed by atoms with Crippen molar-refractivity contribution in [2.24, 2.45) is 5.73 Å². The molecule has 0 aromatic heterocycles. The van der Waals surface area contributed by atoms with Gasteiger partial charge in [-0.1, -0.05) is 30.3 Å². The molecule has 4 heteroatoms. The number of primary amides is 1. The molecule has 0 spiro atoms. The van der Waals surface area contributed by atoms with Crippen LogP contribution >= 0.6 is 0 Å². The lowest BCUT2D eigenvalue weighted by molar-refractivity contribution is 0.259. The lowest BCUT2D eigenvalue weighted by atomic mass is 9.93. The molecule has 20 heavy (non-hydrogen) atoms. The normalized spacial score (nSPS) is 16.9. The van der Waals surface area contributed by atoms with Gasteiger partial charge >= 0.3 is 6.03 Å². The fraction of sp³-hybridized carbons (Fsp3) is 0.188. The van der Waals surface area contributed by atoms with E-state index in [1.807, 2.05) is 24.3 Å². The predicted molar refractivity (Wildman–Crippen MR) is 80.8 cm³/mol. The minimum Gasteiger partial charge on any atom is -0.378 e. The van der Waals surface area contributed by atoms with Crippen molar-refractivity contribution in [1.82, 2.24) is 0 Å². The highest BCUT2D eigenvalue weighted by Gasteiger charge is 2.19. The Kier molecular flexibility index (Phi) is 3.29. The molecule has 2 aromatic rings. The van der Waals surface area contributed by atoms with Crippen LogP contribution in [0, 0.1) is 0 Å². The molecule has 0 saturated carbocycles. The number of nitrogens with two attached hydrogens (primary N) is 1. The summed E-state index contributed by atoms with van der Waals surface area (Å²) >= 11 is 0. The Bertz CT molecular complexity index is 625. The average Bonchev–Trinajstić information content (AvgIpc) is 2.47. The van der Waals surface area contributed by atoms with Crippen LogP contribution in [0.3, 0.4) is 0 Å². The van der Waals surface area contributed by atoms with Gasteiger partial charge in [0.2, 0.25) is 0 Å². The number of urea groups is 1. The number of fused-ring (bicyclic) bond motifs is 1. The molecule has 0 radical (unpaired) electrons. The number of nitrogens with one attached hydrogen (secondary N) is 2. The van der Waals surface area contributed by atoms with E-state index in [2.05, 4.69) is 34.9 Å². The number of amides is 2.